The normalized spacial score (nSPS) is 12.1. The zero-order valence-electron chi connectivity index (χ0n) is 7.88. The summed E-state index contributed by atoms with van der Waals surface area (Å²) in [7, 11) is 0. The second-order valence-corrected chi connectivity index (χ2v) is 4.57. The monoisotopic (exact) mass is 226 g/mol. The number of thiophene rings is 1. The number of hydrogen-bond acceptors (Lipinski definition) is 3. The summed E-state index contributed by atoms with van der Waals surface area (Å²) in [4.78, 5) is 0.875. The fraction of sp³-hybridized carbons (Fsp3) is 0.300. The van der Waals surface area contributed by atoms with Gasteiger partial charge in [0.15, 0.2) is 0 Å². The van der Waals surface area contributed by atoms with Crippen molar-refractivity contribution >= 4 is 28.6 Å². The minimum absolute atomic E-state index is 0.561. The molecule has 1 heterocycles. The molecule has 0 spiro atoms. The quantitative estimate of drug-likeness (QED) is 0.804. The molecule has 0 amide bonds. The number of nitriles is 1. The first kappa shape index (κ1) is 11.1. The molecule has 2 nitrogen and oxygen atoms in total. The highest BCUT2D eigenvalue weighted by molar-refractivity contribution is 7.17. The van der Waals surface area contributed by atoms with Crippen molar-refractivity contribution in [2.24, 2.45) is 5.73 Å². The van der Waals surface area contributed by atoms with Gasteiger partial charge >= 0.3 is 0 Å². The molecule has 1 aromatic heterocycles. The summed E-state index contributed by atoms with van der Waals surface area (Å²) in [6.45, 7) is 2.02. The van der Waals surface area contributed by atoms with Gasteiger partial charge in [-0.1, -0.05) is 24.9 Å². The van der Waals surface area contributed by atoms with Gasteiger partial charge in [0.1, 0.15) is 0 Å². The molecule has 74 valence electrons. The van der Waals surface area contributed by atoms with Crippen molar-refractivity contribution in [3.8, 4) is 6.07 Å². The van der Waals surface area contributed by atoms with Gasteiger partial charge in [-0.05, 0) is 18.6 Å². The van der Waals surface area contributed by atoms with Gasteiger partial charge in [-0.15, -0.1) is 11.3 Å². The molecule has 0 bridgehead atoms. The lowest BCUT2D eigenvalue weighted by molar-refractivity contribution is 0.929. The second kappa shape index (κ2) is 5.04. The average molecular weight is 227 g/mol. The molecule has 0 saturated heterocycles. The number of allylic oxidation sites excluding steroid dienone is 1. The first-order chi connectivity index (χ1) is 6.69. The third-order valence-corrected chi connectivity index (χ3v) is 3.06. The van der Waals surface area contributed by atoms with E-state index >= 15 is 0 Å². The van der Waals surface area contributed by atoms with Gasteiger partial charge in [-0.25, -0.2) is 0 Å². The van der Waals surface area contributed by atoms with Crippen LogP contribution in [0.1, 0.15) is 24.6 Å². The molecule has 2 N–H and O–H groups in total. The predicted molar refractivity (Wildman–Crippen MR) is 61.0 cm³/mol. The molecule has 0 aromatic carbocycles. The molecule has 0 atom stereocenters. The smallest absolute Gasteiger partial charge is 0.0969 e. The van der Waals surface area contributed by atoms with E-state index in [1.165, 1.54) is 11.3 Å². The van der Waals surface area contributed by atoms with Gasteiger partial charge in [-0.3, -0.25) is 0 Å². The Labute approximate surface area is 92.6 Å². The van der Waals surface area contributed by atoms with Crippen LogP contribution in [0.2, 0.25) is 4.34 Å². The van der Waals surface area contributed by atoms with Crippen LogP contribution < -0.4 is 5.73 Å². The van der Waals surface area contributed by atoms with Crippen LogP contribution in [0.3, 0.4) is 0 Å². The summed E-state index contributed by atoms with van der Waals surface area (Å²) in [6.07, 6.45) is 1.64. The molecule has 0 aliphatic carbocycles. The number of nitrogens with two attached hydrogens (primary N) is 1. The highest BCUT2D eigenvalue weighted by atomic mass is 35.5. The summed E-state index contributed by atoms with van der Waals surface area (Å²) < 4.78 is 0.691. The highest BCUT2D eigenvalue weighted by Gasteiger charge is 2.06. The highest BCUT2D eigenvalue weighted by Crippen LogP contribution is 2.27. The molecule has 0 aliphatic rings. The van der Waals surface area contributed by atoms with Crippen LogP contribution in [0.5, 0.6) is 0 Å². The standard InChI is InChI=1S/C10H11ClN2S/c1-2-3-7(6-12)10(13)8-4-5-9(11)14-8/h4-5H,2-3,13H2,1H3/b10-7-. The maximum absolute atomic E-state index is 8.88. The van der Waals surface area contributed by atoms with E-state index in [9.17, 15) is 0 Å². The van der Waals surface area contributed by atoms with Crippen LogP contribution in [-0.4, -0.2) is 0 Å². The van der Waals surface area contributed by atoms with Crippen molar-refractivity contribution in [2.75, 3.05) is 0 Å². The van der Waals surface area contributed by atoms with Crippen LogP contribution in [0.4, 0.5) is 0 Å². The van der Waals surface area contributed by atoms with E-state index in [1.807, 2.05) is 13.0 Å². The molecule has 0 unspecified atom stereocenters. The molecular weight excluding hydrogens is 216 g/mol. The Hall–Kier alpha value is -0.980. The lowest BCUT2D eigenvalue weighted by Crippen LogP contribution is -1.98. The van der Waals surface area contributed by atoms with Crippen molar-refractivity contribution in [1.82, 2.24) is 0 Å². The first-order valence-corrected chi connectivity index (χ1v) is 5.53. The topological polar surface area (TPSA) is 49.8 Å². The van der Waals surface area contributed by atoms with Crippen LogP contribution in [0, 0.1) is 11.3 Å². The average Bonchev–Trinajstić information content (AvgIpc) is 2.60. The van der Waals surface area contributed by atoms with Crippen molar-refractivity contribution in [1.29, 1.82) is 5.26 Å². The third kappa shape index (κ3) is 2.50. The van der Waals surface area contributed by atoms with Crippen LogP contribution in [0.25, 0.3) is 5.70 Å². The first-order valence-electron chi connectivity index (χ1n) is 4.33. The summed E-state index contributed by atoms with van der Waals surface area (Å²) >= 11 is 7.18. The number of hydrogen-bond donors (Lipinski definition) is 1. The zero-order chi connectivity index (χ0) is 10.6. The SMILES string of the molecule is CCC/C(C#N)=C(/N)c1ccc(Cl)s1. The Bertz CT molecular complexity index is 387. The van der Waals surface area contributed by atoms with Gasteiger partial charge < -0.3 is 5.73 Å². The molecule has 0 fully saturated rings. The van der Waals surface area contributed by atoms with Gasteiger partial charge in [-0.2, -0.15) is 5.26 Å². The summed E-state index contributed by atoms with van der Waals surface area (Å²) in [5.41, 5.74) is 7.06. The lowest BCUT2D eigenvalue weighted by Gasteiger charge is -2.01. The van der Waals surface area contributed by atoms with E-state index < -0.39 is 0 Å². The van der Waals surface area contributed by atoms with E-state index in [1.54, 1.807) is 6.07 Å². The minimum atomic E-state index is 0.561. The van der Waals surface area contributed by atoms with Crippen molar-refractivity contribution in [3.05, 3.63) is 26.9 Å². The lowest BCUT2D eigenvalue weighted by atomic mass is 10.1. The molecule has 4 heteroatoms. The number of nitrogens with zero attached hydrogens (tertiary/aromatic N) is 1. The van der Waals surface area contributed by atoms with Crippen LogP contribution in [0.15, 0.2) is 17.7 Å². The van der Waals surface area contributed by atoms with E-state index in [4.69, 9.17) is 22.6 Å². The largest absolute Gasteiger partial charge is 0.397 e. The summed E-state index contributed by atoms with van der Waals surface area (Å²) in [5, 5.41) is 8.88. The molecule has 1 aromatic rings. The third-order valence-electron chi connectivity index (χ3n) is 1.80. The van der Waals surface area contributed by atoms with Crippen LogP contribution in [-0.2, 0) is 0 Å². The molecule has 0 aliphatic heterocycles. The van der Waals surface area contributed by atoms with E-state index in [0.29, 0.717) is 15.6 Å². The molecule has 0 saturated carbocycles. The van der Waals surface area contributed by atoms with Crippen molar-refractivity contribution in [2.45, 2.75) is 19.8 Å². The molecule has 0 radical (unpaired) electrons. The Balaban J connectivity index is 3.02. The van der Waals surface area contributed by atoms with E-state index in [2.05, 4.69) is 6.07 Å². The Kier molecular flexibility index (Phi) is 3.99. The van der Waals surface area contributed by atoms with Crippen LogP contribution >= 0.6 is 22.9 Å². The van der Waals surface area contributed by atoms with Gasteiger partial charge in [0, 0.05) is 0 Å². The Morgan fingerprint density at radius 3 is 2.79 bits per heavy atom. The summed E-state index contributed by atoms with van der Waals surface area (Å²) in [6, 6.07) is 5.76. The van der Waals surface area contributed by atoms with Crippen molar-refractivity contribution in [3.63, 3.8) is 0 Å². The van der Waals surface area contributed by atoms with Gasteiger partial charge in [0.05, 0.1) is 26.6 Å². The summed E-state index contributed by atoms with van der Waals surface area (Å²) in [5.74, 6) is 0. The van der Waals surface area contributed by atoms with Gasteiger partial charge in [0.2, 0.25) is 0 Å². The van der Waals surface area contributed by atoms with E-state index in [0.717, 1.165) is 17.7 Å². The maximum atomic E-state index is 8.88. The molecule has 1 rings (SSSR count). The number of rotatable bonds is 3. The van der Waals surface area contributed by atoms with E-state index in [-0.39, 0.29) is 0 Å². The Morgan fingerprint density at radius 1 is 1.64 bits per heavy atom. The second-order valence-electron chi connectivity index (χ2n) is 2.86. The fourth-order valence-corrected chi connectivity index (χ4v) is 2.14. The zero-order valence-corrected chi connectivity index (χ0v) is 9.45. The minimum Gasteiger partial charge on any atom is -0.397 e. The molecule has 14 heavy (non-hydrogen) atoms. The fourth-order valence-electron chi connectivity index (χ4n) is 1.11. The molecular formula is C10H11ClN2S. The van der Waals surface area contributed by atoms with Crippen molar-refractivity contribution < 1.29 is 0 Å². The maximum Gasteiger partial charge on any atom is 0.0969 e. The Morgan fingerprint density at radius 2 is 2.36 bits per heavy atom. The predicted octanol–water partition coefficient (Wildman–Crippen LogP) is 3.39. The number of halogens is 1. The van der Waals surface area contributed by atoms with Gasteiger partial charge in [0.25, 0.3) is 0 Å².